The molecular weight excluding hydrogens is 418 g/mol. The molecule has 1 unspecified atom stereocenters. The molecule has 2 aromatic carbocycles. The number of ether oxygens (including phenoxy) is 2. The van der Waals surface area contributed by atoms with Gasteiger partial charge in [-0.1, -0.05) is 18.2 Å². The van der Waals surface area contributed by atoms with Gasteiger partial charge < -0.3 is 20.1 Å². The van der Waals surface area contributed by atoms with Crippen LogP contribution >= 0.6 is 0 Å². The zero-order chi connectivity index (χ0) is 23.0. The Kier molecular flexibility index (Phi) is 7.41. The second-order valence-corrected chi connectivity index (χ2v) is 8.05. The number of nitrogens with one attached hydrogen (secondary N) is 3. The molecule has 0 saturated carbocycles. The van der Waals surface area contributed by atoms with E-state index < -0.39 is 0 Å². The van der Waals surface area contributed by atoms with Crippen molar-refractivity contribution in [3.8, 4) is 22.9 Å². The minimum Gasteiger partial charge on any atom is -0.497 e. The van der Waals surface area contributed by atoms with E-state index in [0.717, 1.165) is 60.5 Å². The van der Waals surface area contributed by atoms with E-state index in [9.17, 15) is 0 Å². The van der Waals surface area contributed by atoms with Crippen LogP contribution in [-0.4, -0.2) is 66.4 Å². The fraction of sp³-hybridized carbons (Fsp3) is 0.375. The zero-order valence-electron chi connectivity index (χ0n) is 19.3. The fourth-order valence-electron chi connectivity index (χ4n) is 4.06. The van der Waals surface area contributed by atoms with Crippen LogP contribution in [0.3, 0.4) is 0 Å². The van der Waals surface area contributed by atoms with Gasteiger partial charge in [0.15, 0.2) is 11.8 Å². The molecule has 0 radical (unpaired) electrons. The first kappa shape index (κ1) is 22.6. The number of aromatic nitrogens is 3. The summed E-state index contributed by atoms with van der Waals surface area (Å²) in [7, 11) is 5.16. The van der Waals surface area contributed by atoms with Crippen LogP contribution in [0.15, 0.2) is 53.8 Å². The summed E-state index contributed by atoms with van der Waals surface area (Å²) in [6, 6.07) is 14.6. The van der Waals surface area contributed by atoms with Crippen LogP contribution < -0.4 is 20.1 Å². The van der Waals surface area contributed by atoms with Crippen molar-refractivity contribution in [3.05, 3.63) is 59.9 Å². The predicted octanol–water partition coefficient (Wildman–Crippen LogP) is 2.43. The van der Waals surface area contributed by atoms with Crippen LogP contribution in [0.5, 0.6) is 11.5 Å². The Morgan fingerprint density at radius 2 is 1.97 bits per heavy atom. The van der Waals surface area contributed by atoms with E-state index in [2.05, 4.69) is 60.0 Å². The molecule has 0 bridgehead atoms. The van der Waals surface area contributed by atoms with Crippen molar-refractivity contribution in [1.82, 2.24) is 30.7 Å². The molecule has 9 heteroatoms. The lowest BCUT2D eigenvalue weighted by Gasteiger charge is -2.19. The van der Waals surface area contributed by atoms with Gasteiger partial charge in [0.1, 0.15) is 17.8 Å². The average Bonchev–Trinajstić information content (AvgIpc) is 3.54. The third kappa shape index (κ3) is 6.01. The first-order valence-electron chi connectivity index (χ1n) is 11.0. The van der Waals surface area contributed by atoms with Crippen molar-refractivity contribution in [2.45, 2.75) is 25.6 Å². The molecule has 33 heavy (non-hydrogen) atoms. The van der Waals surface area contributed by atoms with Crippen molar-refractivity contribution in [3.63, 3.8) is 0 Å². The number of nitrogens with zero attached hydrogens (tertiary/aromatic N) is 4. The van der Waals surface area contributed by atoms with Gasteiger partial charge in [0.25, 0.3) is 0 Å². The molecule has 1 saturated heterocycles. The van der Waals surface area contributed by atoms with Crippen molar-refractivity contribution < 1.29 is 9.47 Å². The highest BCUT2D eigenvalue weighted by molar-refractivity contribution is 5.80. The van der Waals surface area contributed by atoms with E-state index >= 15 is 0 Å². The monoisotopic (exact) mass is 449 g/mol. The van der Waals surface area contributed by atoms with Gasteiger partial charge in [0.05, 0.1) is 14.2 Å². The maximum Gasteiger partial charge on any atom is 0.191 e. The minimum atomic E-state index is 0.337. The first-order valence-corrected chi connectivity index (χ1v) is 11.0. The summed E-state index contributed by atoms with van der Waals surface area (Å²) in [6.07, 6.45) is 2.57. The lowest BCUT2D eigenvalue weighted by atomic mass is 10.1. The van der Waals surface area contributed by atoms with E-state index in [4.69, 9.17) is 9.47 Å². The highest BCUT2D eigenvalue weighted by Crippen LogP contribution is 2.24. The third-order valence-corrected chi connectivity index (χ3v) is 5.73. The molecule has 9 nitrogen and oxygen atoms in total. The molecule has 3 aromatic rings. The topological polar surface area (TPSA) is 99.7 Å². The molecule has 1 aliphatic heterocycles. The van der Waals surface area contributed by atoms with Gasteiger partial charge in [0, 0.05) is 50.9 Å². The largest absolute Gasteiger partial charge is 0.497 e. The number of H-pyrrole nitrogens is 1. The second kappa shape index (κ2) is 10.8. The predicted molar refractivity (Wildman–Crippen MR) is 128 cm³/mol. The van der Waals surface area contributed by atoms with Crippen LogP contribution in [0, 0.1) is 0 Å². The molecule has 2 heterocycles. The molecule has 4 rings (SSSR count). The van der Waals surface area contributed by atoms with Crippen molar-refractivity contribution in [2.24, 2.45) is 4.99 Å². The second-order valence-electron chi connectivity index (χ2n) is 8.05. The summed E-state index contributed by atoms with van der Waals surface area (Å²) in [4.78, 5) is 11.1. The fourth-order valence-corrected chi connectivity index (χ4v) is 4.06. The van der Waals surface area contributed by atoms with Crippen LogP contribution in [0.2, 0.25) is 0 Å². The van der Waals surface area contributed by atoms with E-state index in [1.807, 2.05) is 18.2 Å². The Morgan fingerprint density at radius 1 is 1.15 bits per heavy atom. The highest BCUT2D eigenvalue weighted by Gasteiger charge is 2.23. The molecule has 1 atom stereocenters. The van der Waals surface area contributed by atoms with Gasteiger partial charge in [-0.15, -0.1) is 0 Å². The Hall–Kier alpha value is -3.59. The summed E-state index contributed by atoms with van der Waals surface area (Å²) in [5.41, 5.74) is 3.34. The van der Waals surface area contributed by atoms with Crippen LogP contribution in [-0.2, 0) is 13.1 Å². The number of aromatic amines is 1. The molecular formula is C24H31N7O2. The van der Waals surface area contributed by atoms with E-state index in [1.54, 1.807) is 21.3 Å². The lowest BCUT2D eigenvalue weighted by molar-refractivity contribution is 0.321. The molecule has 0 spiro atoms. The number of benzene rings is 2. The van der Waals surface area contributed by atoms with Crippen molar-refractivity contribution in [1.29, 1.82) is 0 Å². The third-order valence-electron chi connectivity index (χ3n) is 5.73. The Labute approximate surface area is 194 Å². The molecule has 1 aliphatic rings. The van der Waals surface area contributed by atoms with E-state index in [-0.39, 0.29) is 0 Å². The maximum atomic E-state index is 5.40. The number of aliphatic imine (C=N–C) groups is 1. The van der Waals surface area contributed by atoms with E-state index in [1.165, 1.54) is 11.9 Å². The first-order chi connectivity index (χ1) is 16.2. The minimum absolute atomic E-state index is 0.337. The average molecular weight is 450 g/mol. The normalized spacial score (nSPS) is 16.6. The quantitative estimate of drug-likeness (QED) is 0.359. The van der Waals surface area contributed by atoms with Crippen molar-refractivity contribution >= 4 is 5.96 Å². The van der Waals surface area contributed by atoms with Crippen molar-refractivity contribution in [2.75, 3.05) is 34.4 Å². The molecule has 0 amide bonds. The number of rotatable bonds is 8. The maximum absolute atomic E-state index is 5.40. The summed E-state index contributed by atoms with van der Waals surface area (Å²) in [5.74, 6) is 3.19. The number of likely N-dealkylation sites (tertiary alicyclic amines) is 1. The lowest BCUT2D eigenvalue weighted by Crippen LogP contribution is -2.44. The number of hydrogen-bond acceptors (Lipinski definition) is 6. The van der Waals surface area contributed by atoms with Gasteiger partial charge >= 0.3 is 0 Å². The van der Waals surface area contributed by atoms with Gasteiger partial charge in [-0.2, -0.15) is 5.10 Å². The highest BCUT2D eigenvalue weighted by atomic mass is 16.5. The molecule has 3 N–H and O–H groups in total. The van der Waals surface area contributed by atoms with Gasteiger partial charge in [0.2, 0.25) is 0 Å². The molecule has 1 fully saturated rings. The summed E-state index contributed by atoms with van der Waals surface area (Å²) >= 11 is 0. The summed E-state index contributed by atoms with van der Waals surface area (Å²) in [6.45, 7) is 3.49. The number of hydrogen-bond donors (Lipinski definition) is 3. The molecule has 0 aliphatic carbocycles. The van der Waals surface area contributed by atoms with Gasteiger partial charge in [-0.25, -0.2) is 4.98 Å². The van der Waals surface area contributed by atoms with Crippen LogP contribution in [0.1, 0.15) is 17.5 Å². The van der Waals surface area contributed by atoms with Gasteiger partial charge in [-0.05, 0) is 35.7 Å². The summed E-state index contributed by atoms with van der Waals surface area (Å²) in [5, 5.41) is 13.8. The molecule has 174 valence electrons. The number of methoxy groups -OCH3 is 2. The molecule has 1 aromatic heterocycles. The zero-order valence-corrected chi connectivity index (χ0v) is 19.3. The van der Waals surface area contributed by atoms with E-state index in [0.29, 0.717) is 12.6 Å². The summed E-state index contributed by atoms with van der Waals surface area (Å²) < 4.78 is 10.8. The smallest absolute Gasteiger partial charge is 0.191 e. The Balaban J connectivity index is 1.29. The number of guanidine groups is 1. The van der Waals surface area contributed by atoms with Crippen LogP contribution in [0.4, 0.5) is 0 Å². The standard InChI is InChI=1S/C24H31N7O2/c1-25-24(26-13-17-5-4-6-19(9-17)23-27-16-28-30-23)29-20-7-8-31(15-20)14-18-10-21(32-2)12-22(11-18)33-3/h4-6,9-12,16,20H,7-8,13-15H2,1-3H3,(H2,25,26,29)(H,27,28,30). The Bertz CT molecular complexity index is 1050. The van der Waals surface area contributed by atoms with Gasteiger partial charge in [-0.3, -0.25) is 15.0 Å². The Morgan fingerprint density at radius 3 is 2.67 bits per heavy atom. The van der Waals surface area contributed by atoms with Crippen LogP contribution in [0.25, 0.3) is 11.4 Å². The SMILES string of the molecule is CN=C(NCc1cccc(-c2ncn[nH]2)c1)NC1CCN(Cc2cc(OC)cc(OC)c2)C1.